The van der Waals surface area contributed by atoms with Crippen molar-refractivity contribution in [3.63, 3.8) is 0 Å². The first-order valence-electron chi connectivity index (χ1n) is 9.10. The predicted octanol–water partition coefficient (Wildman–Crippen LogP) is 3.51. The van der Waals surface area contributed by atoms with Crippen molar-refractivity contribution in [2.75, 3.05) is 23.8 Å². The highest BCUT2D eigenvalue weighted by atomic mass is 32.2. The fraction of sp³-hybridized carbons (Fsp3) is 0.300. The molecule has 3 rings (SSSR count). The highest BCUT2D eigenvalue weighted by Crippen LogP contribution is 2.25. The Morgan fingerprint density at radius 2 is 2.10 bits per heavy atom. The Hall–Kier alpha value is -3.25. The number of ether oxygens (including phenoxy) is 1. The van der Waals surface area contributed by atoms with E-state index in [9.17, 15) is 4.79 Å². The van der Waals surface area contributed by atoms with Crippen LogP contribution in [0.2, 0.25) is 0 Å². The minimum absolute atomic E-state index is 0.114. The van der Waals surface area contributed by atoms with Crippen LogP contribution in [0.1, 0.15) is 13.3 Å². The maximum Gasteiger partial charge on any atom is 0.237 e. The quantitative estimate of drug-likeness (QED) is 0.497. The Morgan fingerprint density at radius 1 is 1.31 bits per heavy atom. The van der Waals surface area contributed by atoms with Gasteiger partial charge in [-0.3, -0.25) is 4.79 Å². The third-order valence-corrected chi connectivity index (χ3v) is 5.11. The monoisotopic (exact) mass is 411 g/mol. The number of rotatable bonds is 9. The maximum atomic E-state index is 12.9. The number of nitrogens with zero attached hydrogens (tertiary/aromatic N) is 5. The molecule has 0 N–H and O–H groups in total. The number of thioether (sulfide) groups is 1. The number of carbonyl (C=O) groups excluding carboxylic acids is 1. The summed E-state index contributed by atoms with van der Waals surface area (Å²) in [7, 11) is 1.82. The number of carbonyl (C=O) groups is 1. The topological polar surface area (TPSA) is 97.2 Å². The van der Waals surface area contributed by atoms with E-state index in [0.29, 0.717) is 29.9 Å². The molecule has 1 aromatic carbocycles. The summed E-state index contributed by atoms with van der Waals surface area (Å²) in [6, 6.07) is 13.0. The molecule has 0 saturated heterocycles. The van der Waals surface area contributed by atoms with Crippen LogP contribution in [0.4, 0.5) is 5.69 Å². The second-order valence-corrected chi connectivity index (χ2v) is 6.95. The molecule has 29 heavy (non-hydrogen) atoms. The number of hydrogen-bond acceptors (Lipinski definition) is 7. The number of hydrogen-bond donors (Lipinski definition) is 0. The van der Waals surface area contributed by atoms with Crippen molar-refractivity contribution in [3.05, 3.63) is 42.7 Å². The zero-order valence-corrected chi connectivity index (χ0v) is 17.1. The Morgan fingerprint density at radius 3 is 2.76 bits per heavy atom. The van der Waals surface area contributed by atoms with Gasteiger partial charge in [0, 0.05) is 19.3 Å². The smallest absolute Gasteiger partial charge is 0.237 e. The summed E-state index contributed by atoms with van der Waals surface area (Å²) < 4.78 is 12.6. The van der Waals surface area contributed by atoms with Gasteiger partial charge in [-0.15, -0.1) is 10.2 Å². The molecule has 0 atom stereocenters. The predicted molar refractivity (Wildman–Crippen MR) is 110 cm³/mol. The van der Waals surface area contributed by atoms with Gasteiger partial charge in [0.2, 0.25) is 5.91 Å². The summed E-state index contributed by atoms with van der Waals surface area (Å²) in [6.07, 6.45) is 1.82. The standard InChI is InChI=1S/C20H21N5O3S/c1-3-27-16-9-7-15(8-10-16)25(12-5-11-21)18(26)14-29-20-23-22-19(24(20)2)17-6-4-13-28-17/h4,6-10,13H,3,5,12,14H2,1-2H3. The zero-order chi connectivity index (χ0) is 20.6. The molecule has 0 bridgehead atoms. The van der Waals surface area contributed by atoms with E-state index in [-0.39, 0.29) is 18.1 Å². The van der Waals surface area contributed by atoms with Crippen LogP contribution in [0.5, 0.6) is 5.75 Å². The van der Waals surface area contributed by atoms with E-state index in [1.165, 1.54) is 11.8 Å². The van der Waals surface area contributed by atoms with Crippen molar-refractivity contribution in [1.29, 1.82) is 5.26 Å². The van der Waals surface area contributed by atoms with Gasteiger partial charge in [0.25, 0.3) is 0 Å². The molecule has 0 aliphatic carbocycles. The van der Waals surface area contributed by atoms with Gasteiger partial charge in [0.15, 0.2) is 16.7 Å². The van der Waals surface area contributed by atoms with Crippen LogP contribution in [0.3, 0.4) is 0 Å². The van der Waals surface area contributed by atoms with Crippen LogP contribution >= 0.6 is 11.8 Å². The fourth-order valence-electron chi connectivity index (χ4n) is 2.71. The molecular weight excluding hydrogens is 390 g/mol. The maximum absolute atomic E-state index is 12.9. The third-order valence-electron chi connectivity index (χ3n) is 4.11. The van der Waals surface area contributed by atoms with Gasteiger partial charge in [-0.2, -0.15) is 5.26 Å². The minimum atomic E-state index is -0.114. The Labute approximate surface area is 173 Å². The molecule has 0 aliphatic rings. The van der Waals surface area contributed by atoms with Crippen molar-refractivity contribution in [3.8, 4) is 23.4 Å². The fourth-order valence-corrected chi connectivity index (χ4v) is 3.50. The molecule has 1 amide bonds. The van der Waals surface area contributed by atoms with Crippen LogP contribution in [0, 0.1) is 11.3 Å². The van der Waals surface area contributed by atoms with Crippen molar-refractivity contribution in [1.82, 2.24) is 14.8 Å². The molecule has 0 saturated carbocycles. The molecule has 8 nitrogen and oxygen atoms in total. The van der Waals surface area contributed by atoms with E-state index in [4.69, 9.17) is 14.4 Å². The summed E-state index contributed by atoms with van der Waals surface area (Å²) in [6.45, 7) is 2.81. The number of amides is 1. The van der Waals surface area contributed by atoms with E-state index >= 15 is 0 Å². The lowest BCUT2D eigenvalue weighted by Gasteiger charge is -2.22. The Balaban J connectivity index is 1.70. The van der Waals surface area contributed by atoms with E-state index in [1.54, 1.807) is 27.9 Å². The first-order valence-corrected chi connectivity index (χ1v) is 10.1. The third kappa shape index (κ3) is 4.97. The van der Waals surface area contributed by atoms with Gasteiger partial charge in [-0.1, -0.05) is 11.8 Å². The van der Waals surface area contributed by atoms with Crippen molar-refractivity contribution >= 4 is 23.4 Å². The van der Waals surface area contributed by atoms with Crippen LogP contribution in [-0.4, -0.2) is 39.6 Å². The molecule has 2 aromatic heterocycles. The average molecular weight is 411 g/mol. The lowest BCUT2D eigenvalue weighted by molar-refractivity contribution is -0.116. The number of benzene rings is 1. The number of aromatic nitrogens is 3. The van der Waals surface area contributed by atoms with Crippen molar-refractivity contribution in [2.45, 2.75) is 18.5 Å². The first kappa shape index (κ1) is 20.5. The van der Waals surface area contributed by atoms with E-state index in [1.807, 2.05) is 38.2 Å². The normalized spacial score (nSPS) is 10.5. The summed E-state index contributed by atoms with van der Waals surface area (Å²) in [5.41, 5.74) is 0.726. The number of anilines is 1. The molecule has 0 spiro atoms. The average Bonchev–Trinajstić information content (AvgIpc) is 3.38. The van der Waals surface area contributed by atoms with Crippen LogP contribution < -0.4 is 9.64 Å². The Kier molecular flexibility index (Phi) is 6.92. The van der Waals surface area contributed by atoms with Gasteiger partial charge in [0.1, 0.15) is 5.75 Å². The highest BCUT2D eigenvalue weighted by Gasteiger charge is 2.19. The molecule has 9 heteroatoms. The molecule has 2 heterocycles. The van der Waals surface area contributed by atoms with E-state index < -0.39 is 0 Å². The summed E-state index contributed by atoms with van der Waals surface area (Å²) in [5.74, 6) is 2.00. The molecule has 0 aliphatic heterocycles. The molecular formula is C20H21N5O3S. The molecule has 0 radical (unpaired) electrons. The second-order valence-electron chi connectivity index (χ2n) is 6.01. The summed E-state index contributed by atoms with van der Waals surface area (Å²) >= 11 is 1.29. The van der Waals surface area contributed by atoms with E-state index in [2.05, 4.69) is 16.3 Å². The lowest BCUT2D eigenvalue weighted by Crippen LogP contribution is -2.33. The molecule has 3 aromatic rings. The van der Waals surface area contributed by atoms with Crippen LogP contribution in [0.15, 0.2) is 52.2 Å². The van der Waals surface area contributed by atoms with Crippen LogP contribution in [-0.2, 0) is 11.8 Å². The van der Waals surface area contributed by atoms with Gasteiger partial charge in [-0.05, 0) is 43.3 Å². The highest BCUT2D eigenvalue weighted by molar-refractivity contribution is 7.99. The lowest BCUT2D eigenvalue weighted by atomic mass is 10.2. The van der Waals surface area contributed by atoms with Crippen LogP contribution in [0.25, 0.3) is 11.6 Å². The zero-order valence-electron chi connectivity index (χ0n) is 16.2. The SMILES string of the molecule is CCOc1ccc(N(CCC#N)C(=O)CSc2nnc(-c3ccco3)n2C)cc1. The van der Waals surface area contributed by atoms with Crippen molar-refractivity contribution in [2.24, 2.45) is 7.05 Å². The van der Waals surface area contributed by atoms with Gasteiger partial charge in [0.05, 0.1) is 31.1 Å². The van der Waals surface area contributed by atoms with Crippen molar-refractivity contribution < 1.29 is 13.9 Å². The number of nitriles is 1. The van der Waals surface area contributed by atoms with Gasteiger partial charge >= 0.3 is 0 Å². The molecule has 0 fully saturated rings. The number of furan rings is 1. The first-order chi connectivity index (χ1) is 14.1. The molecule has 150 valence electrons. The van der Waals surface area contributed by atoms with Gasteiger partial charge < -0.3 is 18.6 Å². The van der Waals surface area contributed by atoms with Gasteiger partial charge in [-0.25, -0.2) is 0 Å². The molecule has 0 unspecified atom stereocenters. The largest absolute Gasteiger partial charge is 0.494 e. The summed E-state index contributed by atoms with van der Waals surface area (Å²) in [4.78, 5) is 14.5. The summed E-state index contributed by atoms with van der Waals surface area (Å²) in [5, 5.41) is 17.8. The Bertz CT molecular complexity index is 977. The second kappa shape index (κ2) is 9.80. The minimum Gasteiger partial charge on any atom is -0.494 e. The van der Waals surface area contributed by atoms with E-state index in [0.717, 1.165) is 11.4 Å².